The minimum Gasteiger partial charge on any atom is -0.449 e. The van der Waals surface area contributed by atoms with Gasteiger partial charge in [0.25, 0.3) is 0 Å². The van der Waals surface area contributed by atoms with Gasteiger partial charge in [-0.15, -0.1) is 0 Å². The van der Waals surface area contributed by atoms with Gasteiger partial charge in [0.15, 0.2) is 5.71 Å². The number of carbonyl (C=O) groups excluding carboxylic acids is 1. The molecular weight excluding hydrogens is 402 g/mol. The average molecular weight is 430 g/mol. The predicted molar refractivity (Wildman–Crippen MR) is 123 cm³/mol. The molecule has 3 aromatic carbocycles. The molecule has 1 N–H and O–H groups in total. The van der Waals surface area contributed by atoms with Gasteiger partial charge in [-0.1, -0.05) is 96.2 Å². The number of hydrogen-bond donors (Lipinski definition) is 1. The van der Waals surface area contributed by atoms with Crippen molar-refractivity contribution < 1.29 is 19.5 Å². The Morgan fingerprint density at radius 2 is 1.47 bits per heavy atom. The van der Waals surface area contributed by atoms with Gasteiger partial charge in [0.05, 0.1) is 0 Å². The molecule has 1 aliphatic heterocycles. The number of hydrogen-bond acceptors (Lipinski definition) is 5. The third-order valence-corrected chi connectivity index (χ3v) is 6.12. The third-order valence-electron chi connectivity index (χ3n) is 6.12. The van der Waals surface area contributed by atoms with Crippen LogP contribution in [0.25, 0.3) is 0 Å². The summed E-state index contributed by atoms with van der Waals surface area (Å²) < 4.78 is 6.19. The van der Waals surface area contributed by atoms with E-state index in [4.69, 9.17) is 9.57 Å². The molecule has 0 aliphatic carbocycles. The van der Waals surface area contributed by atoms with E-state index >= 15 is 0 Å². The molecule has 0 spiro atoms. The maximum Gasteiger partial charge on any atom is 0.359 e. The Balaban J connectivity index is 1.81. The number of aliphatic hydroxyl groups excluding tert-OH is 1. The molecule has 32 heavy (non-hydrogen) atoms. The van der Waals surface area contributed by atoms with Crippen LogP contribution in [-0.2, 0) is 32.8 Å². The normalized spacial score (nSPS) is 24.2. The summed E-state index contributed by atoms with van der Waals surface area (Å²) in [4.78, 5) is 17.9. The lowest BCUT2D eigenvalue weighted by molar-refractivity contribution is -0.174. The molecule has 4 rings (SSSR count). The molecule has 0 radical (unpaired) electrons. The molecule has 0 saturated carbocycles. The second-order valence-corrected chi connectivity index (χ2v) is 8.03. The molecule has 5 heteroatoms. The smallest absolute Gasteiger partial charge is 0.359 e. The number of esters is 1. The average Bonchev–Trinajstić information content (AvgIpc) is 2.84. The molecule has 3 atom stereocenters. The van der Waals surface area contributed by atoms with E-state index < -0.39 is 23.6 Å². The van der Waals surface area contributed by atoms with Crippen molar-refractivity contribution in [2.45, 2.75) is 31.0 Å². The van der Waals surface area contributed by atoms with E-state index in [0.29, 0.717) is 19.3 Å². The number of nitrogens with zero attached hydrogens (tertiary/aromatic N) is 1. The first-order chi connectivity index (χ1) is 15.6. The van der Waals surface area contributed by atoms with E-state index in [1.54, 1.807) is 0 Å². The lowest BCUT2D eigenvalue weighted by atomic mass is 9.69. The summed E-state index contributed by atoms with van der Waals surface area (Å²) in [5.74, 6) is -1.09. The Labute approximate surface area is 188 Å². The fourth-order valence-electron chi connectivity index (χ4n) is 4.54. The molecule has 5 nitrogen and oxygen atoms in total. The molecule has 3 unspecified atom stereocenters. The van der Waals surface area contributed by atoms with Gasteiger partial charge in [0.2, 0.25) is 0 Å². The minimum atomic E-state index is -1.13. The maximum absolute atomic E-state index is 13.0. The Morgan fingerprint density at radius 3 is 2.06 bits per heavy atom. The number of ether oxygens (including phenoxy) is 1. The highest BCUT2D eigenvalue weighted by Crippen LogP contribution is 2.45. The molecule has 1 heterocycles. The summed E-state index contributed by atoms with van der Waals surface area (Å²) in [6.07, 6.45) is 0.605. The highest BCUT2D eigenvalue weighted by atomic mass is 16.6. The van der Waals surface area contributed by atoms with Crippen LogP contribution in [0.3, 0.4) is 0 Å². The zero-order valence-electron chi connectivity index (χ0n) is 18.1. The van der Waals surface area contributed by atoms with E-state index in [0.717, 1.165) is 16.7 Å². The van der Waals surface area contributed by atoms with E-state index in [9.17, 15) is 9.90 Å². The van der Waals surface area contributed by atoms with Crippen molar-refractivity contribution in [2.24, 2.45) is 11.1 Å². The highest BCUT2D eigenvalue weighted by molar-refractivity contribution is 6.38. The fraction of sp³-hybridized carbons (Fsp3) is 0.259. The number of aryl methyl sites for hydroxylation is 1. The monoisotopic (exact) mass is 429 g/mol. The van der Waals surface area contributed by atoms with Crippen LogP contribution in [0.4, 0.5) is 0 Å². The lowest BCUT2D eigenvalue weighted by Gasteiger charge is -2.46. The summed E-state index contributed by atoms with van der Waals surface area (Å²) >= 11 is 0. The molecule has 164 valence electrons. The Morgan fingerprint density at radius 1 is 0.906 bits per heavy atom. The van der Waals surface area contributed by atoms with Crippen LogP contribution in [0.1, 0.15) is 23.1 Å². The van der Waals surface area contributed by atoms with Gasteiger partial charge in [0, 0.05) is 5.92 Å². The Kier molecular flexibility index (Phi) is 6.66. The predicted octanol–water partition coefficient (Wildman–Crippen LogP) is 4.29. The molecule has 0 aromatic heterocycles. The van der Waals surface area contributed by atoms with Crippen molar-refractivity contribution in [1.82, 2.24) is 0 Å². The first-order valence-corrected chi connectivity index (χ1v) is 10.8. The van der Waals surface area contributed by atoms with Crippen molar-refractivity contribution >= 4 is 11.7 Å². The summed E-state index contributed by atoms with van der Waals surface area (Å²) in [5.41, 5.74) is 1.94. The molecular formula is C27H27NO4. The molecule has 0 amide bonds. The van der Waals surface area contributed by atoms with E-state index in [-0.39, 0.29) is 5.71 Å². The van der Waals surface area contributed by atoms with Crippen LogP contribution in [0, 0.1) is 5.92 Å². The van der Waals surface area contributed by atoms with Crippen molar-refractivity contribution in [3.63, 3.8) is 0 Å². The van der Waals surface area contributed by atoms with Gasteiger partial charge in [0.1, 0.15) is 18.8 Å². The molecule has 3 aromatic rings. The summed E-state index contributed by atoms with van der Waals surface area (Å²) in [7, 11) is 1.35. The first kappa shape index (κ1) is 21.8. The highest BCUT2D eigenvalue weighted by Gasteiger charge is 2.54. The number of cyclic esters (lactones) is 1. The summed E-state index contributed by atoms with van der Waals surface area (Å²) in [6, 6.07) is 29.7. The van der Waals surface area contributed by atoms with Crippen LogP contribution in [-0.4, -0.2) is 30.0 Å². The number of rotatable bonds is 7. The zero-order chi connectivity index (χ0) is 22.4. The minimum absolute atomic E-state index is 0.0975. The van der Waals surface area contributed by atoms with Crippen LogP contribution in [0.15, 0.2) is 96.2 Å². The van der Waals surface area contributed by atoms with Gasteiger partial charge in [-0.25, -0.2) is 4.79 Å². The fourth-order valence-corrected chi connectivity index (χ4v) is 4.54. The number of oxime groups is 1. The van der Waals surface area contributed by atoms with Gasteiger partial charge in [-0.2, -0.15) is 0 Å². The third kappa shape index (κ3) is 4.43. The quantitative estimate of drug-likeness (QED) is 0.449. The van der Waals surface area contributed by atoms with Crippen LogP contribution in [0.5, 0.6) is 0 Å². The number of benzene rings is 3. The van der Waals surface area contributed by atoms with E-state index in [1.165, 1.54) is 7.11 Å². The molecule has 1 saturated heterocycles. The van der Waals surface area contributed by atoms with Crippen molar-refractivity contribution in [1.29, 1.82) is 0 Å². The number of aliphatic hydroxyl groups is 1. The van der Waals surface area contributed by atoms with Crippen LogP contribution in [0.2, 0.25) is 0 Å². The second kappa shape index (κ2) is 9.79. The largest absolute Gasteiger partial charge is 0.449 e. The maximum atomic E-state index is 13.0. The second-order valence-electron chi connectivity index (χ2n) is 8.03. The van der Waals surface area contributed by atoms with Crippen LogP contribution < -0.4 is 0 Å². The number of carbonyl (C=O) groups is 1. The van der Waals surface area contributed by atoms with E-state index in [2.05, 4.69) is 17.3 Å². The van der Waals surface area contributed by atoms with Gasteiger partial charge >= 0.3 is 5.97 Å². The Bertz CT molecular complexity index is 1050. The van der Waals surface area contributed by atoms with Crippen molar-refractivity contribution in [3.8, 4) is 0 Å². The topological polar surface area (TPSA) is 68.1 Å². The molecule has 1 fully saturated rings. The lowest BCUT2D eigenvalue weighted by Crippen LogP contribution is -2.57. The van der Waals surface area contributed by atoms with Gasteiger partial charge in [-0.05, 0) is 36.0 Å². The molecule has 0 bridgehead atoms. The summed E-state index contributed by atoms with van der Waals surface area (Å²) in [5, 5.41) is 15.2. The van der Waals surface area contributed by atoms with E-state index in [1.807, 2.05) is 78.9 Å². The Hall–Kier alpha value is -3.44. The summed E-state index contributed by atoms with van der Waals surface area (Å²) in [6.45, 7) is 0. The standard InChI is InChI=1S/C27H27NO4/c1-31-28-24-25(29)23(19-21-13-7-3-8-14-21)27(32-26(24)30,22-15-9-4-10-16-22)18-17-20-11-5-2-6-12-20/h2-16,23,25,29H,17-19H2,1H3. The van der Waals surface area contributed by atoms with Crippen molar-refractivity contribution in [3.05, 3.63) is 108 Å². The van der Waals surface area contributed by atoms with Gasteiger partial charge < -0.3 is 14.7 Å². The van der Waals surface area contributed by atoms with Crippen LogP contribution >= 0.6 is 0 Å². The van der Waals surface area contributed by atoms with Crippen molar-refractivity contribution in [2.75, 3.05) is 7.11 Å². The first-order valence-electron chi connectivity index (χ1n) is 10.8. The molecule has 1 aliphatic rings. The SMILES string of the molecule is CON=C1C(=O)OC(CCc2ccccc2)(c2ccccc2)C(Cc2ccccc2)C1O. The zero-order valence-corrected chi connectivity index (χ0v) is 18.1. The van der Waals surface area contributed by atoms with Gasteiger partial charge in [-0.3, -0.25) is 0 Å².